The number of rotatable bonds is 4. The number of halogens is 2. The second-order valence-electron chi connectivity index (χ2n) is 5.60. The molecule has 2 aromatic carbocycles. The summed E-state index contributed by atoms with van der Waals surface area (Å²) in [4.78, 5) is 18.5. The van der Waals surface area contributed by atoms with Gasteiger partial charge in [-0.25, -0.2) is 9.38 Å². The van der Waals surface area contributed by atoms with Gasteiger partial charge in [-0.2, -0.15) is 0 Å². The summed E-state index contributed by atoms with van der Waals surface area (Å²) >= 11 is 7.16. The summed E-state index contributed by atoms with van der Waals surface area (Å²) in [7, 11) is 1.57. The average molecular weight is 407 g/mol. The van der Waals surface area contributed by atoms with Gasteiger partial charge in [-0.05, 0) is 54.6 Å². The molecule has 0 bridgehead atoms. The predicted molar refractivity (Wildman–Crippen MR) is 106 cm³/mol. The second-order valence-corrected chi connectivity index (χ2v) is 7.02. The van der Waals surface area contributed by atoms with Crippen LogP contribution in [0.5, 0.6) is 11.5 Å². The van der Waals surface area contributed by atoms with Crippen molar-refractivity contribution >= 4 is 46.2 Å². The minimum Gasteiger partial charge on any atom is -0.503 e. The maximum absolute atomic E-state index is 13.8. The van der Waals surface area contributed by atoms with E-state index in [2.05, 4.69) is 4.99 Å². The van der Waals surface area contributed by atoms with Gasteiger partial charge in [-0.15, -0.1) is 0 Å². The first-order valence-electron chi connectivity index (χ1n) is 8.06. The Kier molecular flexibility index (Phi) is 5.72. The maximum atomic E-state index is 13.8. The van der Waals surface area contributed by atoms with Crippen molar-refractivity contribution in [3.05, 3.63) is 57.7 Å². The number of hydrogen-bond acceptors (Lipinski definition) is 5. The highest BCUT2D eigenvalue weighted by molar-refractivity contribution is 8.18. The van der Waals surface area contributed by atoms with Crippen LogP contribution in [0.4, 0.5) is 10.1 Å². The summed E-state index contributed by atoms with van der Waals surface area (Å²) in [5.41, 5.74) is 0.754. The van der Waals surface area contributed by atoms with E-state index in [0.29, 0.717) is 22.2 Å². The molecule has 1 aliphatic rings. The molecule has 2 aromatic rings. The Morgan fingerprint density at radius 3 is 2.81 bits per heavy atom. The molecule has 0 spiro atoms. The van der Waals surface area contributed by atoms with Crippen molar-refractivity contribution in [2.45, 2.75) is 6.92 Å². The monoisotopic (exact) mass is 406 g/mol. The highest BCUT2D eigenvalue weighted by Crippen LogP contribution is 2.38. The number of phenolic OH excluding ortho intramolecular Hbond substituents is 1. The molecule has 1 heterocycles. The van der Waals surface area contributed by atoms with Crippen molar-refractivity contribution in [2.75, 3.05) is 13.7 Å². The van der Waals surface area contributed by atoms with E-state index in [-0.39, 0.29) is 28.1 Å². The van der Waals surface area contributed by atoms with Crippen LogP contribution in [0.25, 0.3) is 6.08 Å². The highest BCUT2D eigenvalue weighted by atomic mass is 35.5. The lowest BCUT2D eigenvalue weighted by molar-refractivity contribution is -0.121. The van der Waals surface area contributed by atoms with Crippen molar-refractivity contribution in [1.82, 2.24) is 4.90 Å². The van der Waals surface area contributed by atoms with E-state index in [9.17, 15) is 14.3 Å². The van der Waals surface area contributed by atoms with Crippen LogP contribution in [0.1, 0.15) is 12.5 Å². The third-order valence-electron chi connectivity index (χ3n) is 3.72. The van der Waals surface area contributed by atoms with Crippen LogP contribution >= 0.6 is 23.4 Å². The van der Waals surface area contributed by atoms with Crippen molar-refractivity contribution < 1.29 is 19.0 Å². The molecule has 0 aromatic heterocycles. The molecule has 1 amide bonds. The molecular weight excluding hydrogens is 391 g/mol. The number of amidine groups is 1. The predicted octanol–water partition coefficient (Wildman–Crippen LogP) is 4.82. The van der Waals surface area contributed by atoms with Gasteiger partial charge < -0.3 is 9.84 Å². The van der Waals surface area contributed by atoms with E-state index in [1.54, 1.807) is 38.2 Å². The number of benzene rings is 2. The number of ether oxygens (including phenoxy) is 1. The molecule has 27 heavy (non-hydrogen) atoms. The number of amides is 1. The Morgan fingerprint density at radius 2 is 2.11 bits per heavy atom. The van der Waals surface area contributed by atoms with Crippen LogP contribution < -0.4 is 4.74 Å². The molecule has 0 unspecified atom stereocenters. The van der Waals surface area contributed by atoms with E-state index in [0.717, 1.165) is 11.8 Å². The average Bonchev–Trinajstić information content (AvgIpc) is 2.89. The lowest BCUT2D eigenvalue weighted by Gasteiger charge is -2.08. The van der Waals surface area contributed by atoms with Gasteiger partial charge in [-0.3, -0.25) is 9.69 Å². The molecule has 0 saturated carbocycles. The number of hydrogen-bond donors (Lipinski definition) is 1. The number of phenols is 1. The van der Waals surface area contributed by atoms with Crippen LogP contribution in [-0.4, -0.2) is 34.7 Å². The van der Waals surface area contributed by atoms with Gasteiger partial charge >= 0.3 is 0 Å². The Hall–Kier alpha value is -2.51. The fourth-order valence-corrected chi connectivity index (χ4v) is 3.59. The normalized spacial score (nSPS) is 17.2. The van der Waals surface area contributed by atoms with Gasteiger partial charge in [0.25, 0.3) is 5.91 Å². The van der Waals surface area contributed by atoms with Gasteiger partial charge in [0.15, 0.2) is 16.7 Å². The molecular formula is C19H16ClFN2O3S. The standard InChI is InChI=1S/C19H16ClFN2O3S/c1-3-26-15-9-11(8-12(20)17(15)24)10-16-18(25)23(2)19(27-16)22-14-7-5-4-6-13(14)21/h4-10,24H,3H2,1-2H3/b16-10+,22-19?. The zero-order chi connectivity index (χ0) is 19.6. The van der Waals surface area contributed by atoms with Crippen LogP contribution in [0.15, 0.2) is 46.3 Å². The topological polar surface area (TPSA) is 62.1 Å². The first-order valence-corrected chi connectivity index (χ1v) is 9.26. The molecule has 0 atom stereocenters. The van der Waals surface area contributed by atoms with E-state index in [4.69, 9.17) is 16.3 Å². The minimum atomic E-state index is -0.462. The van der Waals surface area contributed by atoms with Crippen molar-refractivity contribution in [3.63, 3.8) is 0 Å². The molecule has 1 aliphatic heterocycles. The summed E-state index contributed by atoms with van der Waals surface area (Å²) in [6, 6.07) is 9.23. The smallest absolute Gasteiger partial charge is 0.266 e. The molecule has 5 nitrogen and oxygen atoms in total. The first kappa shape index (κ1) is 19.3. The third-order valence-corrected chi connectivity index (χ3v) is 5.07. The SMILES string of the molecule is CCOc1cc(/C=C2/SC(=Nc3ccccc3F)N(C)C2=O)cc(Cl)c1O. The maximum Gasteiger partial charge on any atom is 0.266 e. The summed E-state index contributed by atoms with van der Waals surface area (Å²) in [6.07, 6.45) is 1.63. The molecule has 0 aliphatic carbocycles. The largest absolute Gasteiger partial charge is 0.503 e. The van der Waals surface area contributed by atoms with Crippen LogP contribution in [0.2, 0.25) is 5.02 Å². The Bertz CT molecular complexity index is 962. The number of nitrogens with zero attached hydrogens (tertiary/aromatic N) is 2. The number of thioether (sulfide) groups is 1. The number of carbonyl (C=O) groups excluding carboxylic acids is 1. The molecule has 8 heteroatoms. The van der Waals surface area contributed by atoms with E-state index < -0.39 is 5.82 Å². The van der Waals surface area contributed by atoms with Crippen molar-refractivity contribution in [2.24, 2.45) is 4.99 Å². The summed E-state index contributed by atoms with van der Waals surface area (Å²) in [6.45, 7) is 2.15. The first-order chi connectivity index (χ1) is 12.9. The van der Waals surface area contributed by atoms with Crippen LogP contribution in [0.3, 0.4) is 0 Å². The van der Waals surface area contributed by atoms with E-state index in [1.165, 1.54) is 23.1 Å². The number of carbonyl (C=O) groups is 1. The fourth-order valence-electron chi connectivity index (χ4n) is 2.39. The number of aromatic hydroxyl groups is 1. The summed E-state index contributed by atoms with van der Waals surface area (Å²) < 4.78 is 19.2. The van der Waals surface area contributed by atoms with Gasteiger partial charge in [0, 0.05) is 7.05 Å². The molecule has 1 N–H and O–H groups in total. The van der Waals surface area contributed by atoms with E-state index >= 15 is 0 Å². The molecule has 0 radical (unpaired) electrons. The quantitative estimate of drug-likeness (QED) is 0.739. The van der Waals surface area contributed by atoms with Crippen LogP contribution in [0, 0.1) is 5.82 Å². The molecule has 3 rings (SSSR count). The Morgan fingerprint density at radius 1 is 1.37 bits per heavy atom. The zero-order valence-electron chi connectivity index (χ0n) is 14.6. The highest BCUT2D eigenvalue weighted by Gasteiger charge is 2.30. The fraction of sp³-hybridized carbons (Fsp3) is 0.158. The molecule has 1 fully saturated rings. The van der Waals surface area contributed by atoms with E-state index in [1.807, 2.05) is 0 Å². The summed E-state index contributed by atoms with van der Waals surface area (Å²) in [5, 5.41) is 10.4. The van der Waals surface area contributed by atoms with Crippen LogP contribution in [-0.2, 0) is 4.79 Å². The number of likely N-dealkylation sites (N-methyl/N-ethyl adjacent to an activating group) is 1. The van der Waals surface area contributed by atoms with Gasteiger partial charge in [0.1, 0.15) is 11.5 Å². The lowest BCUT2D eigenvalue weighted by atomic mass is 10.2. The van der Waals surface area contributed by atoms with Gasteiger partial charge in [0.2, 0.25) is 0 Å². The summed E-state index contributed by atoms with van der Waals surface area (Å²) in [5.74, 6) is -0.640. The number of aliphatic imine (C=N–C) groups is 1. The number of para-hydroxylation sites is 1. The van der Waals surface area contributed by atoms with Crippen molar-refractivity contribution in [3.8, 4) is 11.5 Å². The Labute approximate surface area is 165 Å². The molecule has 140 valence electrons. The van der Waals surface area contributed by atoms with Crippen molar-refractivity contribution in [1.29, 1.82) is 0 Å². The molecule has 1 saturated heterocycles. The third kappa shape index (κ3) is 4.09. The van der Waals surface area contributed by atoms with Gasteiger partial charge in [-0.1, -0.05) is 23.7 Å². The zero-order valence-corrected chi connectivity index (χ0v) is 16.1. The van der Waals surface area contributed by atoms with Gasteiger partial charge in [0.05, 0.1) is 16.5 Å². The second kappa shape index (κ2) is 8.02. The minimum absolute atomic E-state index is 0.122. The Balaban J connectivity index is 1.94. The lowest BCUT2D eigenvalue weighted by Crippen LogP contribution is -2.23.